The summed E-state index contributed by atoms with van der Waals surface area (Å²) in [5, 5.41) is 8.88. The number of thioether (sulfide) groups is 2. The molecule has 8 nitrogen and oxygen atoms in total. The van der Waals surface area contributed by atoms with Crippen LogP contribution in [0.1, 0.15) is 51.7 Å². The molecule has 46 heavy (non-hydrogen) atoms. The first-order valence-corrected chi connectivity index (χ1v) is 18.8. The van der Waals surface area contributed by atoms with Crippen molar-refractivity contribution in [1.82, 2.24) is 10.2 Å². The Kier molecular flexibility index (Phi) is 10.1. The number of halogens is 1. The molecule has 6 rings (SSSR count). The fourth-order valence-electron chi connectivity index (χ4n) is 6.52. The van der Waals surface area contributed by atoms with Crippen LogP contribution in [0.3, 0.4) is 0 Å². The van der Waals surface area contributed by atoms with Gasteiger partial charge < -0.3 is 4.90 Å². The normalized spacial score (nSPS) is 20.2. The molecule has 3 aromatic rings. The van der Waals surface area contributed by atoms with Gasteiger partial charge in [0, 0.05) is 46.5 Å². The van der Waals surface area contributed by atoms with Gasteiger partial charge in [-0.3, -0.25) is 0 Å². The number of aromatic nitrogens is 2. The third kappa shape index (κ3) is 7.07. The van der Waals surface area contributed by atoms with Gasteiger partial charge in [-0.1, -0.05) is 97.3 Å². The summed E-state index contributed by atoms with van der Waals surface area (Å²) in [4.78, 5) is 3.66. The van der Waals surface area contributed by atoms with Crippen LogP contribution in [0.5, 0.6) is 0 Å². The molecule has 0 radical (unpaired) electrons. The van der Waals surface area contributed by atoms with Gasteiger partial charge in [-0.2, -0.15) is 4.58 Å². The van der Waals surface area contributed by atoms with Crippen molar-refractivity contribution in [3.05, 3.63) is 106 Å². The molecule has 0 fully saturated rings. The number of benzene rings is 2. The Morgan fingerprint density at radius 3 is 2.13 bits per heavy atom. The highest BCUT2D eigenvalue weighted by Gasteiger charge is 2.42. The van der Waals surface area contributed by atoms with E-state index in [0.717, 1.165) is 21.5 Å². The average Bonchev–Trinajstić information content (AvgIpc) is 3.71. The number of likely N-dealkylation sites (N-methyl/N-ethyl adjacent to an activating group) is 1. The van der Waals surface area contributed by atoms with E-state index in [4.69, 9.17) is 18.6 Å². The van der Waals surface area contributed by atoms with E-state index >= 15 is 0 Å². The van der Waals surface area contributed by atoms with Gasteiger partial charge in [0.05, 0.1) is 5.41 Å². The summed E-state index contributed by atoms with van der Waals surface area (Å²) < 4.78 is 38.3. The molecule has 0 saturated heterocycles. The average molecular weight is 697 g/mol. The maximum absolute atomic E-state index is 8.49. The van der Waals surface area contributed by atoms with E-state index in [2.05, 4.69) is 141 Å². The number of rotatable bonds is 6. The predicted molar refractivity (Wildman–Crippen MR) is 177 cm³/mol. The molecule has 0 amide bonds. The molecule has 0 atom stereocenters. The zero-order valence-electron chi connectivity index (χ0n) is 26.9. The van der Waals surface area contributed by atoms with Crippen molar-refractivity contribution >= 4 is 51.9 Å². The first kappa shape index (κ1) is 34.6. The van der Waals surface area contributed by atoms with Gasteiger partial charge in [0.2, 0.25) is 5.69 Å². The summed E-state index contributed by atoms with van der Waals surface area (Å²) in [6.45, 7) is 9.31. The van der Waals surface area contributed by atoms with Gasteiger partial charge >= 0.3 is 0 Å². The molecule has 0 saturated carbocycles. The van der Waals surface area contributed by atoms with Gasteiger partial charge in [-0.25, -0.2) is 18.6 Å². The maximum Gasteiger partial charge on any atom is 0.209 e. The minimum atomic E-state index is -4.94. The summed E-state index contributed by atoms with van der Waals surface area (Å²) >= 11 is 5.10. The number of nitrogens with zero attached hydrogens (tertiary/aromatic N) is 4. The number of hydrogen-bond donors (Lipinski definition) is 0. The lowest BCUT2D eigenvalue weighted by atomic mass is 9.81. The molecular weight excluding hydrogens is 660 g/mol. The first-order valence-electron chi connectivity index (χ1n) is 14.7. The number of allylic oxidation sites excluding steroid dienone is 7. The monoisotopic (exact) mass is 696 g/mol. The van der Waals surface area contributed by atoms with Crippen LogP contribution in [0, 0.1) is 10.2 Å². The number of anilines is 1. The Bertz CT molecular complexity index is 1790. The van der Waals surface area contributed by atoms with Crippen LogP contribution in [0.2, 0.25) is 0 Å². The molecular formula is C34H37ClN4O4S3. The lowest BCUT2D eigenvalue weighted by Crippen LogP contribution is -2.68. The Morgan fingerprint density at radius 1 is 0.870 bits per heavy atom. The van der Waals surface area contributed by atoms with Crippen molar-refractivity contribution in [3.8, 4) is 0 Å². The van der Waals surface area contributed by atoms with Crippen LogP contribution in [0.15, 0.2) is 103 Å². The van der Waals surface area contributed by atoms with Crippen LogP contribution in [-0.2, 0) is 10.8 Å². The van der Waals surface area contributed by atoms with Crippen LogP contribution in [0.25, 0.3) is 0 Å². The van der Waals surface area contributed by atoms with Crippen molar-refractivity contribution in [2.75, 3.05) is 25.3 Å². The summed E-state index contributed by atoms with van der Waals surface area (Å²) in [6.07, 6.45) is 13.5. The summed E-state index contributed by atoms with van der Waals surface area (Å²) in [5.41, 5.74) is 10.6. The molecule has 0 spiro atoms. The van der Waals surface area contributed by atoms with Crippen molar-refractivity contribution in [1.29, 1.82) is 0 Å². The van der Waals surface area contributed by atoms with Crippen LogP contribution in [0.4, 0.5) is 11.4 Å². The van der Waals surface area contributed by atoms with E-state index in [0.29, 0.717) is 0 Å². The highest BCUT2D eigenvalue weighted by atomic mass is 35.7. The Hall–Kier alpha value is -2.74. The van der Waals surface area contributed by atoms with E-state index in [1.165, 1.54) is 50.0 Å². The molecule has 3 aliphatic rings. The molecule has 1 aromatic heterocycles. The van der Waals surface area contributed by atoms with Crippen molar-refractivity contribution < 1.29 is 33.5 Å². The van der Waals surface area contributed by atoms with E-state index in [1.807, 2.05) is 0 Å². The third-order valence-electron chi connectivity index (χ3n) is 8.76. The lowest BCUT2D eigenvalue weighted by molar-refractivity contribution is -2.00. The van der Waals surface area contributed by atoms with Crippen molar-refractivity contribution in [3.63, 3.8) is 0 Å². The predicted octanol–water partition coefficient (Wildman–Crippen LogP) is 4.14. The minimum absolute atomic E-state index is 0.0441. The van der Waals surface area contributed by atoms with Crippen LogP contribution < -0.4 is 23.5 Å². The number of para-hydroxylation sites is 2. The zero-order chi connectivity index (χ0) is 33.4. The van der Waals surface area contributed by atoms with Gasteiger partial charge in [0.25, 0.3) is 0 Å². The fourth-order valence-corrected chi connectivity index (χ4v) is 9.20. The molecule has 0 bridgehead atoms. The van der Waals surface area contributed by atoms with Crippen LogP contribution >= 0.6 is 34.9 Å². The van der Waals surface area contributed by atoms with Gasteiger partial charge in [-0.15, -0.1) is 20.4 Å². The first-order chi connectivity index (χ1) is 21.6. The largest absolute Gasteiger partial charge is 0.347 e. The van der Waals surface area contributed by atoms with Gasteiger partial charge in [-0.05, 0) is 61.8 Å². The summed E-state index contributed by atoms with van der Waals surface area (Å²) in [6, 6.07) is 17.5. The number of hydrogen-bond acceptors (Lipinski definition) is 10. The van der Waals surface area contributed by atoms with Gasteiger partial charge in [0.1, 0.15) is 7.05 Å². The smallest absolute Gasteiger partial charge is 0.209 e. The maximum atomic E-state index is 8.49. The second kappa shape index (κ2) is 13.4. The third-order valence-corrected chi connectivity index (χ3v) is 11.9. The molecule has 1 aliphatic carbocycles. The highest BCUT2D eigenvalue weighted by molar-refractivity contribution is 8.05. The summed E-state index contributed by atoms with van der Waals surface area (Å²) in [5.74, 6) is 0. The lowest BCUT2D eigenvalue weighted by Gasteiger charge is -2.23. The fraction of sp³-hybridized carbons (Fsp3) is 0.324. The second-order valence-electron chi connectivity index (χ2n) is 12.2. The zero-order valence-corrected chi connectivity index (χ0v) is 30.1. The molecule has 3 heterocycles. The molecule has 0 unspecified atom stereocenters. The van der Waals surface area contributed by atoms with E-state index in [-0.39, 0.29) is 10.8 Å². The molecule has 2 aliphatic heterocycles. The molecule has 12 heteroatoms. The van der Waals surface area contributed by atoms with Crippen molar-refractivity contribution in [2.45, 2.75) is 60.0 Å². The summed E-state index contributed by atoms with van der Waals surface area (Å²) in [7, 11) is -0.570. The Morgan fingerprint density at radius 2 is 1.50 bits per heavy atom. The van der Waals surface area contributed by atoms with Crippen molar-refractivity contribution in [2.24, 2.45) is 0 Å². The molecule has 242 valence electrons. The molecule has 0 N–H and O–H groups in total. The van der Waals surface area contributed by atoms with Crippen LogP contribution in [-0.4, -0.2) is 40.8 Å². The standard InChI is InChI=1S/C34H37N4S3.ClHO4/c1-33(2)24-12-8-10-14-26(24)37(5)28(33)20-18-22-16-17-23(30(22)40-32-36-35-31(39-7)41-32)19-21-29-34(3,4)25-13-9-11-15-27(25)38(29)6;2-1(3,4)5/h8-15,18-21H,16-17H2,1-7H3;(H,2,3,4,5)/q+1;/p-1. The van der Waals surface area contributed by atoms with Gasteiger partial charge in [0.15, 0.2) is 14.4 Å². The second-order valence-corrected chi connectivity index (χ2v) is 16.3. The SMILES string of the molecule is CSc1nnc(SC2=C(/C=C/C3=[N+](C)c4ccccc4C3(C)C)CC/C2=C\C=C2\N(C)c3ccccc3C2(C)C)s1.[O-][Cl+3]([O-])([O-])[O-]. The minimum Gasteiger partial charge on any atom is -0.347 e. The highest BCUT2D eigenvalue weighted by Crippen LogP contribution is 2.48. The topological polar surface area (TPSA) is 124 Å². The molecule has 2 aromatic carbocycles. The Labute approximate surface area is 285 Å². The van der Waals surface area contributed by atoms with E-state index in [1.54, 1.807) is 34.9 Å². The number of fused-ring (bicyclic) bond motifs is 2. The van der Waals surface area contributed by atoms with E-state index < -0.39 is 10.2 Å². The van der Waals surface area contributed by atoms with E-state index in [9.17, 15) is 0 Å². The Balaban J connectivity index is 0.000000775. The quantitative estimate of drug-likeness (QED) is 0.276.